The molecule has 0 bridgehead atoms. The van der Waals surface area contributed by atoms with Crippen LogP contribution in [0.2, 0.25) is 0 Å². The van der Waals surface area contributed by atoms with Gasteiger partial charge in [-0.25, -0.2) is 9.59 Å². The van der Waals surface area contributed by atoms with Crippen LogP contribution in [0.25, 0.3) is 0 Å². The molecule has 0 heterocycles. The Labute approximate surface area is 499 Å². The minimum atomic E-state index is -2.13. The van der Waals surface area contributed by atoms with Crippen molar-refractivity contribution in [2.24, 2.45) is 0 Å². The molecule has 19 nitrogen and oxygen atoms in total. The van der Waals surface area contributed by atoms with Crippen molar-refractivity contribution in [2.75, 3.05) is 51.6 Å². The standard InChI is InChI=1S/C56H76N5O14PS2.2BrH/c1-6-9-13-28-48(63)58-44(56(71)75-8-3)31-34-51(66)61-46(54(69)57-37-53(68)73-5)39-78-77-38-45(47(62)32-35-52(67)72-4)60-50(65)33-30-43(55(70)74-7-2)59-49(64)29-20-21-36-76(40-22-14-10-15-23-40,41-24-16-11-17-25-41)42-26-18-12-19-27-42;;/h10-12,14-19,22-27,43-46H,6-9,13,20-21,28-39H2,1-5H3,(H4-,57,58,59,60,61,63,64,65,66,69);2*1H/p-1. The summed E-state index contributed by atoms with van der Waals surface area (Å²) in [4.78, 5) is 129. The third kappa shape index (κ3) is 26.5. The smallest absolute Gasteiger partial charge is 0.328 e. The molecule has 4 unspecified atom stereocenters. The fourth-order valence-corrected chi connectivity index (χ4v) is 14.9. The Morgan fingerprint density at radius 3 is 1.30 bits per heavy atom. The average Bonchev–Trinajstić information content (AvgIpc) is 3.44. The van der Waals surface area contributed by atoms with Crippen LogP contribution in [0.3, 0.4) is 0 Å². The normalized spacial score (nSPS) is 12.2. The van der Waals surface area contributed by atoms with Gasteiger partial charge in [-0.3, -0.25) is 38.4 Å². The van der Waals surface area contributed by atoms with E-state index in [2.05, 4.69) is 67.7 Å². The summed E-state index contributed by atoms with van der Waals surface area (Å²) in [7, 11) is 2.31. The number of amides is 5. The van der Waals surface area contributed by atoms with Crippen LogP contribution in [0.15, 0.2) is 91.0 Å². The van der Waals surface area contributed by atoms with Crippen LogP contribution in [-0.4, -0.2) is 135 Å². The molecule has 0 aliphatic heterocycles. The Balaban J connectivity index is 0.0000160. The van der Waals surface area contributed by atoms with Gasteiger partial charge in [-0.15, -0.1) is 0 Å². The highest BCUT2D eigenvalue weighted by Gasteiger charge is 2.44. The first-order chi connectivity index (χ1) is 37.6. The van der Waals surface area contributed by atoms with E-state index < -0.39 is 91.3 Å². The van der Waals surface area contributed by atoms with E-state index in [4.69, 9.17) is 14.2 Å². The molecule has 80 heavy (non-hydrogen) atoms. The number of carbonyl (C=O) groups is 10. The van der Waals surface area contributed by atoms with Crippen molar-refractivity contribution >= 4 is 104 Å². The van der Waals surface area contributed by atoms with Gasteiger partial charge < -0.3 is 79.5 Å². The van der Waals surface area contributed by atoms with Crippen molar-refractivity contribution in [3.63, 3.8) is 0 Å². The molecule has 0 aliphatic rings. The summed E-state index contributed by atoms with van der Waals surface area (Å²) in [5.74, 6) is -6.30. The molecule has 5 amide bonds. The summed E-state index contributed by atoms with van der Waals surface area (Å²) in [6.07, 6.45) is 3.23. The second-order valence-electron chi connectivity index (χ2n) is 17.9. The van der Waals surface area contributed by atoms with Crippen molar-refractivity contribution < 1.29 is 101 Å². The fourth-order valence-electron chi connectivity index (χ4n) is 8.14. The van der Waals surface area contributed by atoms with Crippen LogP contribution in [0.5, 0.6) is 0 Å². The third-order valence-corrected chi connectivity index (χ3v) is 19.2. The number of carbonyl (C=O) groups excluding carboxylic acids is 10. The van der Waals surface area contributed by atoms with Crippen LogP contribution >= 0.6 is 28.9 Å². The number of rotatable bonds is 38. The van der Waals surface area contributed by atoms with Gasteiger partial charge in [0.1, 0.15) is 47.8 Å². The van der Waals surface area contributed by atoms with Crippen molar-refractivity contribution in [1.82, 2.24) is 26.6 Å². The Hall–Kier alpha value is -5.35. The number of unbranched alkanes of at least 4 members (excludes halogenated alkanes) is 3. The molecule has 4 atom stereocenters. The zero-order valence-corrected chi connectivity index (χ0v) is 51.8. The quantitative estimate of drug-likeness (QED) is 0.0145. The van der Waals surface area contributed by atoms with E-state index in [1.54, 1.807) is 13.8 Å². The second-order valence-corrected chi connectivity index (χ2v) is 24.1. The summed E-state index contributed by atoms with van der Waals surface area (Å²) in [6, 6.07) is 26.5. The van der Waals surface area contributed by atoms with Gasteiger partial charge >= 0.3 is 23.9 Å². The topological polar surface area (TPSA) is 268 Å². The highest BCUT2D eigenvalue weighted by molar-refractivity contribution is 8.76. The lowest BCUT2D eigenvalue weighted by atomic mass is 10.1. The highest BCUT2D eigenvalue weighted by atomic mass is 79.9. The molecule has 3 rings (SSSR count). The zero-order chi connectivity index (χ0) is 57.1. The minimum absolute atomic E-state index is 0. The molecule has 0 saturated carbocycles. The van der Waals surface area contributed by atoms with Crippen LogP contribution in [-0.2, 0) is 66.9 Å². The van der Waals surface area contributed by atoms with Gasteiger partial charge in [0, 0.05) is 43.6 Å². The van der Waals surface area contributed by atoms with E-state index in [0.29, 0.717) is 19.3 Å². The Bertz CT molecular complexity index is 2300. The minimum Gasteiger partial charge on any atom is -1.00 e. The predicted octanol–water partition coefficient (Wildman–Crippen LogP) is -1.44. The molecule has 5 N–H and O–H groups in total. The second kappa shape index (κ2) is 41.6. The number of ether oxygens (including phenoxy) is 4. The molecule has 24 heteroatoms. The molecule has 0 saturated heterocycles. The van der Waals surface area contributed by atoms with E-state index in [1.165, 1.54) is 23.0 Å². The van der Waals surface area contributed by atoms with Crippen molar-refractivity contribution in [3.05, 3.63) is 91.0 Å². The highest BCUT2D eigenvalue weighted by Crippen LogP contribution is 2.56. The van der Waals surface area contributed by atoms with Gasteiger partial charge in [-0.2, -0.15) is 0 Å². The Morgan fingerprint density at radius 2 is 0.875 bits per heavy atom. The maximum atomic E-state index is 13.6. The van der Waals surface area contributed by atoms with Gasteiger partial charge in [0.15, 0.2) is 5.78 Å². The lowest BCUT2D eigenvalue weighted by Gasteiger charge is -2.27. The molecule has 0 spiro atoms. The van der Waals surface area contributed by atoms with E-state index in [1.807, 2.05) is 61.5 Å². The molecule has 0 fully saturated rings. The fraction of sp³-hybridized carbons (Fsp3) is 0.500. The van der Waals surface area contributed by atoms with Crippen LogP contribution < -0.4 is 76.5 Å². The molecule has 3 aromatic rings. The molecule has 0 radical (unpaired) electrons. The number of Topliss-reactive ketones (excluding diaryl/α,β-unsaturated/α-hetero) is 1. The molecular weight excluding hydrogens is 1220 g/mol. The van der Waals surface area contributed by atoms with Gasteiger partial charge in [0.2, 0.25) is 29.5 Å². The van der Waals surface area contributed by atoms with Crippen LogP contribution in [0.1, 0.15) is 104 Å². The van der Waals surface area contributed by atoms with Gasteiger partial charge in [0.05, 0.1) is 46.1 Å². The van der Waals surface area contributed by atoms with E-state index in [9.17, 15) is 47.9 Å². The van der Waals surface area contributed by atoms with Crippen molar-refractivity contribution in [2.45, 2.75) is 128 Å². The molecule has 0 aromatic heterocycles. The summed E-state index contributed by atoms with van der Waals surface area (Å²) in [6.45, 7) is 4.80. The average molecular weight is 1300 g/mol. The Morgan fingerprint density at radius 1 is 0.475 bits per heavy atom. The summed E-state index contributed by atoms with van der Waals surface area (Å²) in [5, 5.41) is 16.8. The van der Waals surface area contributed by atoms with Gasteiger partial charge in [-0.05, 0) is 82.3 Å². The van der Waals surface area contributed by atoms with E-state index >= 15 is 0 Å². The molecule has 442 valence electrons. The number of benzene rings is 3. The number of ketones is 1. The lowest BCUT2D eigenvalue weighted by molar-refractivity contribution is -0.148. The molecular formula is C56H77Br2N5O14PS2-. The van der Waals surface area contributed by atoms with E-state index in [0.717, 1.165) is 47.7 Å². The number of nitrogens with one attached hydrogen (secondary N) is 5. The zero-order valence-electron chi connectivity index (χ0n) is 46.1. The monoisotopic (exact) mass is 1300 g/mol. The summed E-state index contributed by atoms with van der Waals surface area (Å²) in [5.41, 5.74) is 0. The van der Waals surface area contributed by atoms with Crippen LogP contribution in [0, 0.1) is 0 Å². The number of halogens is 2. The largest absolute Gasteiger partial charge is 1.00 e. The molecule has 0 aliphatic carbocycles. The lowest BCUT2D eigenvalue weighted by Crippen LogP contribution is -3.00. The van der Waals surface area contributed by atoms with Gasteiger partial charge in [0.25, 0.3) is 0 Å². The number of esters is 4. The molecule has 3 aromatic carbocycles. The number of hydrogen-bond donors (Lipinski definition) is 5. The van der Waals surface area contributed by atoms with Gasteiger partial charge in [-0.1, -0.05) is 96.0 Å². The maximum absolute atomic E-state index is 13.6. The first-order valence-electron chi connectivity index (χ1n) is 26.4. The third-order valence-electron chi connectivity index (χ3n) is 12.2. The van der Waals surface area contributed by atoms with Crippen molar-refractivity contribution in [3.8, 4) is 0 Å². The van der Waals surface area contributed by atoms with E-state index in [-0.39, 0.29) is 116 Å². The maximum Gasteiger partial charge on any atom is 0.328 e. The number of hydrogen-bond acceptors (Lipinski definition) is 16. The van der Waals surface area contributed by atoms with Crippen LogP contribution in [0.4, 0.5) is 0 Å². The predicted molar refractivity (Wildman–Crippen MR) is 304 cm³/mol. The summed E-state index contributed by atoms with van der Waals surface area (Å²) < 4.78 is 19.7. The van der Waals surface area contributed by atoms with Crippen molar-refractivity contribution in [1.29, 1.82) is 0 Å². The summed E-state index contributed by atoms with van der Waals surface area (Å²) >= 11 is 0. The number of methoxy groups -OCH3 is 2. The first-order valence-corrected chi connectivity index (χ1v) is 30.8. The SMILES string of the molecule is CCCCCC(=O)NC(CCC(=O)NC(CSSCC(NC(=O)CCC(NC(=O)CCCC[P+](c1ccccc1)(c1ccccc1)c1ccccc1)C(=O)OCC)C(=O)CCC(=O)OC)C(=O)NCC(=O)OC)C(=O)OCC.[Br-].[Br-]. The first kappa shape index (κ1) is 72.7. The Kier molecular flexibility index (Phi) is 37.8.